The highest BCUT2D eigenvalue weighted by Crippen LogP contribution is 2.07. The van der Waals surface area contributed by atoms with E-state index in [4.69, 9.17) is 4.74 Å². The highest BCUT2D eigenvalue weighted by atomic mass is 16.5. The second-order valence-corrected chi connectivity index (χ2v) is 4.30. The monoisotopic (exact) mass is 242 g/mol. The Bertz CT molecular complexity index is 220. The van der Waals surface area contributed by atoms with Crippen LogP contribution in [0.2, 0.25) is 0 Å². The maximum atomic E-state index is 11.3. The summed E-state index contributed by atoms with van der Waals surface area (Å²) in [5, 5.41) is 5.54. The van der Waals surface area contributed by atoms with Gasteiger partial charge in [-0.2, -0.15) is 0 Å². The predicted molar refractivity (Wildman–Crippen MR) is 64.3 cm³/mol. The van der Waals surface area contributed by atoms with Crippen molar-refractivity contribution in [3.63, 3.8) is 0 Å². The number of cyclic esters (lactones) is 1. The normalized spacial score (nSPS) is 21.9. The van der Waals surface area contributed by atoms with E-state index in [9.17, 15) is 9.59 Å². The molecule has 0 atom stereocenters. The van der Waals surface area contributed by atoms with Gasteiger partial charge in [-0.25, -0.2) is 0 Å². The molecule has 5 nitrogen and oxygen atoms in total. The molecular formula is C12H22N2O3. The molecule has 1 rings (SSSR count). The number of amides is 1. The smallest absolute Gasteiger partial charge is 0.319 e. The Labute approximate surface area is 102 Å². The standard InChI is InChI=1S/C12H22N2O3/c15-11-7-5-3-1-2-4-6-8-17-12(16)9-13-10-14-11/h13H,1-10H2,(H,14,15). The number of nitrogens with one attached hydrogen (secondary N) is 2. The van der Waals surface area contributed by atoms with E-state index >= 15 is 0 Å². The number of carbonyl (C=O) groups excluding carboxylic acids is 2. The van der Waals surface area contributed by atoms with Gasteiger partial charge in [-0.3, -0.25) is 14.9 Å². The van der Waals surface area contributed by atoms with Gasteiger partial charge in [0.15, 0.2) is 0 Å². The average molecular weight is 242 g/mol. The summed E-state index contributed by atoms with van der Waals surface area (Å²) < 4.78 is 5.03. The summed E-state index contributed by atoms with van der Waals surface area (Å²) in [4.78, 5) is 22.5. The average Bonchev–Trinajstić information content (AvgIpc) is 2.32. The molecule has 0 saturated carbocycles. The predicted octanol–water partition coefficient (Wildman–Crippen LogP) is 0.937. The molecule has 0 spiro atoms. The van der Waals surface area contributed by atoms with Crippen LogP contribution in [0, 0.1) is 0 Å². The van der Waals surface area contributed by atoms with Gasteiger partial charge >= 0.3 is 5.97 Å². The molecule has 0 aromatic carbocycles. The SMILES string of the molecule is O=C1CCCCCCCCOC(=O)CNCN1. The van der Waals surface area contributed by atoms with Gasteiger partial charge < -0.3 is 10.1 Å². The maximum Gasteiger partial charge on any atom is 0.319 e. The van der Waals surface area contributed by atoms with Crippen molar-refractivity contribution in [3.8, 4) is 0 Å². The van der Waals surface area contributed by atoms with E-state index < -0.39 is 0 Å². The summed E-state index contributed by atoms with van der Waals surface area (Å²) in [5.74, 6) is -0.213. The minimum Gasteiger partial charge on any atom is -0.465 e. The van der Waals surface area contributed by atoms with Crippen LogP contribution >= 0.6 is 0 Å². The molecule has 17 heavy (non-hydrogen) atoms. The van der Waals surface area contributed by atoms with E-state index in [2.05, 4.69) is 10.6 Å². The van der Waals surface area contributed by atoms with Crippen LogP contribution < -0.4 is 10.6 Å². The number of ether oxygens (including phenoxy) is 1. The minimum atomic E-state index is -0.255. The molecule has 5 heteroatoms. The Hall–Kier alpha value is -1.10. The van der Waals surface area contributed by atoms with Crippen molar-refractivity contribution in [1.82, 2.24) is 10.6 Å². The molecule has 0 aromatic rings. The lowest BCUT2D eigenvalue weighted by molar-refractivity contribution is -0.142. The minimum absolute atomic E-state index is 0.0424. The number of carbonyl (C=O) groups is 2. The lowest BCUT2D eigenvalue weighted by Gasteiger charge is -2.06. The molecule has 98 valence electrons. The van der Waals surface area contributed by atoms with E-state index in [0.717, 1.165) is 38.5 Å². The zero-order chi connectivity index (χ0) is 12.3. The zero-order valence-electron chi connectivity index (χ0n) is 10.3. The van der Waals surface area contributed by atoms with E-state index in [0.29, 0.717) is 19.7 Å². The summed E-state index contributed by atoms with van der Waals surface area (Å²) in [7, 11) is 0. The Morgan fingerprint density at radius 2 is 1.65 bits per heavy atom. The van der Waals surface area contributed by atoms with Crippen LogP contribution in [0.4, 0.5) is 0 Å². The molecular weight excluding hydrogens is 220 g/mol. The van der Waals surface area contributed by atoms with Gasteiger partial charge in [0.1, 0.15) is 0 Å². The van der Waals surface area contributed by atoms with E-state index in [1.807, 2.05) is 0 Å². The van der Waals surface area contributed by atoms with Crippen molar-refractivity contribution in [2.24, 2.45) is 0 Å². The molecule has 2 N–H and O–H groups in total. The molecule has 1 saturated heterocycles. The van der Waals surface area contributed by atoms with Crippen molar-refractivity contribution in [2.75, 3.05) is 19.8 Å². The highest BCUT2D eigenvalue weighted by molar-refractivity contribution is 5.76. The van der Waals surface area contributed by atoms with Crippen LogP contribution in [0.15, 0.2) is 0 Å². The third-order valence-corrected chi connectivity index (χ3v) is 2.74. The van der Waals surface area contributed by atoms with Gasteiger partial charge in [0.2, 0.25) is 5.91 Å². The highest BCUT2D eigenvalue weighted by Gasteiger charge is 2.04. The third kappa shape index (κ3) is 7.74. The molecule has 0 unspecified atom stereocenters. The Morgan fingerprint density at radius 1 is 0.941 bits per heavy atom. The van der Waals surface area contributed by atoms with Crippen LogP contribution in [-0.4, -0.2) is 31.7 Å². The molecule has 1 aliphatic rings. The van der Waals surface area contributed by atoms with E-state index in [-0.39, 0.29) is 18.4 Å². The maximum absolute atomic E-state index is 11.3. The fourth-order valence-corrected chi connectivity index (χ4v) is 1.75. The van der Waals surface area contributed by atoms with Crippen LogP contribution in [0.5, 0.6) is 0 Å². The van der Waals surface area contributed by atoms with Gasteiger partial charge in [0, 0.05) is 6.42 Å². The fourth-order valence-electron chi connectivity index (χ4n) is 1.75. The second-order valence-electron chi connectivity index (χ2n) is 4.30. The summed E-state index contributed by atoms with van der Waals surface area (Å²) in [6, 6.07) is 0. The molecule has 1 heterocycles. The van der Waals surface area contributed by atoms with Crippen LogP contribution in [0.1, 0.15) is 44.9 Å². The first-order valence-electron chi connectivity index (χ1n) is 6.42. The number of esters is 1. The molecule has 0 bridgehead atoms. The summed E-state index contributed by atoms with van der Waals surface area (Å²) in [5.41, 5.74) is 0. The third-order valence-electron chi connectivity index (χ3n) is 2.74. The second kappa shape index (κ2) is 8.98. The molecule has 0 radical (unpaired) electrons. The van der Waals surface area contributed by atoms with Gasteiger partial charge in [0.05, 0.1) is 19.8 Å². The largest absolute Gasteiger partial charge is 0.465 e. The fraction of sp³-hybridized carbons (Fsp3) is 0.833. The van der Waals surface area contributed by atoms with Gasteiger partial charge in [-0.05, 0) is 12.8 Å². The van der Waals surface area contributed by atoms with Crippen molar-refractivity contribution >= 4 is 11.9 Å². The van der Waals surface area contributed by atoms with Gasteiger partial charge in [-0.1, -0.05) is 25.7 Å². The first kappa shape index (κ1) is 14.0. The lowest BCUT2D eigenvalue weighted by atomic mass is 10.1. The Kier molecular flexibility index (Phi) is 7.38. The first-order valence-corrected chi connectivity index (χ1v) is 6.42. The van der Waals surface area contributed by atoms with Crippen molar-refractivity contribution in [1.29, 1.82) is 0 Å². The summed E-state index contributed by atoms with van der Waals surface area (Å²) in [6.45, 7) is 0.987. The number of rotatable bonds is 0. The van der Waals surface area contributed by atoms with Gasteiger partial charge in [-0.15, -0.1) is 0 Å². The van der Waals surface area contributed by atoms with Crippen LogP contribution in [0.25, 0.3) is 0 Å². The summed E-state index contributed by atoms with van der Waals surface area (Å²) >= 11 is 0. The molecule has 1 fully saturated rings. The van der Waals surface area contributed by atoms with Crippen molar-refractivity contribution in [2.45, 2.75) is 44.9 Å². The summed E-state index contributed by atoms with van der Waals surface area (Å²) in [6.07, 6.45) is 6.95. The Balaban J connectivity index is 2.24. The topological polar surface area (TPSA) is 67.4 Å². The quantitative estimate of drug-likeness (QED) is 0.620. The van der Waals surface area contributed by atoms with Gasteiger partial charge in [0.25, 0.3) is 0 Å². The number of hydrogen-bond acceptors (Lipinski definition) is 4. The molecule has 1 amide bonds. The lowest BCUT2D eigenvalue weighted by Crippen LogP contribution is -2.36. The van der Waals surface area contributed by atoms with Crippen molar-refractivity contribution in [3.05, 3.63) is 0 Å². The van der Waals surface area contributed by atoms with Crippen LogP contribution in [0.3, 0.4) is 0 Å². The Morgan fingerprint density at radius 3 is 2.47 bits per heavy atom. The molecule has 0 aliphatic carbocycles. The molecule has 0 aromatic heterocycles. The van der Waals surface area contributed by atoms with E-state index in [1.165, 1.54) is 0 Å². The first-order chi connectivity index (χ1) is 8.29. The molecule has 1 aliphatic heterocycles. The van der Waals surface area contributed by atoms with E-state index in [1.54, 1.807) is 0 Å². The van der Waals surface area contributed by atoms with Crippen LogP contribution in [-0.2, 0) is 14.3 Å². The number of hydrogen-bond donors (Lipinski definition) is 2. The zero-order valence-corrected chi connectivity index (χ0v) is 10.3. The van der Waals surface area contributed by atoms with Crippen molar-refractivity contribution < 1.29 is 14.3 Å².